The first-order valence-electron chi connectivity index (χ1n) is 13.3. The first kappa shape index (κ1) is 23.6. The Morgan fingerprint density at radius 1 is 1.05 bits per heavy atom. The molecule has 1 aliphatic heterocycles. The van der Waals surface area contributed by atoms with Crippen LogP contribution in [-0.2, 0) is 13.0 Å². The molecule has 3 heterocycles. The van der Waals surface area contributed by atoms with Crippen LogP contribution in [0.1, 0.15) is 81.9 Å². The van der Waals surface area contributed by atoms with E-state index in [1.807, 2.05) is 24.4 Å². The first-order valence-corrected chi connectivity index (χ1v) is 13.3. The van der Waals surface area contributed by atoms with Gasteiger partial charge >= 0.3 is 0 Å². The fourth-order valence-electron chi connectivity index (χ4n) is 6.16. The molecule has 0 saturated heterocycles. The SMILES string of the molecule is CCCC(N1C(=O)c2ccccc2C1=O)N(Cc1cc2c(C)cccc2[nH]1)C1CCCc2cccnc21. The van der Waals surface area contributed by atoms with Gasteiger partial charge in [0.1, 0.15) is 0 Å². The summed E-state index contributed by atoms with van der Waals surface area (Å²) in [5.41, 5.74) is 6.72. The van der Waals surface area contributed by atoms with E-state index >= 15 is 0 Å². The minimum absolute atomic E-state index is 0.0123. The van der Waals surface area contributed by atoms with Crippen LogP contribution in [0, 0.1) is 6.92 Å². The Labute approximate surface area is 217 Å². The Bertz CT molecular complexity index is 1450. The quantitative estimate of drug-likeness (QED) is 0.313. The number of benzene rings is 2. The van der Waals surface area contributed by atoms with Gasteiger partial charge in [0.2, 0.25) is 0 Å². The molecule has 0 bridgehead atoms. The van der Waals surface area contributed by atoms with Gasteiger partial charge in [-0.3, -0.25) is 24.4 Å². The average molecular weight is 493 g/mol. The molecule has 0 radical (unpaired) electrons. The number of hydrogen-bond acceptors (Lipinski definition) is 4. The largest absolute Gasteiger partial charge is 0.357 e. The van der Waals surface area contributed by atoms with Crippen LogP contribution in [0.3, 0.4) is 0 Å². The lowest BCUT2D eigenvalue weighted by Gasteiger charge is -2.43. The van der Waals surface area contributed by atoms with Gasteiger partial charge in [0.25, 0.3) is 11.8 Å². The van der Waals surface area contributed by atoms with E-state index in [-0.39, 0.29) is 24.0 Å². The molecule has 4 aromatic rings. The van der Waals surface area contributed by atoms with Gasteiger partial charge in [-0.1, -0.05) is 43.7 Å². The highest BCUT2D eigenvalue weighted by Gasteiger charge is 2.44. The predicted octanol–water partition coefficient (Wildman–Crippen LogP) is 6.17. The molecule has 2 atom stereocenters. The lowest BCUT2D eigenvalue weighted by molar-refractivity contribution is 0.00373. The highest BCUT2D eigenvalue weighted by Crippen LogP contribution is 2.39. The van der Waals surface area contributed by atoms with E-state index in [1.165, 1.54) is 21.4 Å². The monoisotopic (exact) mass is 492 g/mol. The van der Waals surface area contributed by atoms with Crippen LogP contribution in [0.2, 0.25) is 0 Å². The Balaban J connectivity index is 1.46. The van der Waals surface area contributed by atoms with Crippen molar-refractivity contribution < 1.29 is 9.59 Å². The molecule has 37 heavy (non-hydrogen) atoms. The fraction of sp³-hybridized carbons (Fsp3) is 0.323. The summed E-state index contributed by atoms with van der Waals surface area (Å²) in [6, 6.07) is 19.9. The summed E-state index contributed by atoms with van der Waals surface area (Å²) >= 11 is 0. The zero-order valence-electron chi connectivity index (χ0n) is 21.4. The molecular formula is C31H32N4O2. The molecule has 2 unspecified atom stereocenters. The van der Waals surface area contributed by atoms with E-state index < -0.39 is 0 Å². The molecule has 0 fully saturated rings. The van der Waals surface area contributed by atoms with Crippen molar-refractivity contribution in [2.24, 2.45) is 0 Å². The lowest BCUT2D eigenvalue weighted by Crippen LogP contribution is -2.52. The van der Waals surface area contributed by atoms with Crippen molar-refractivity contribution >= 4 is 22.7 Å². The zero-order chi connectivity index (χ0) is 25.5. The van der Waals surface area contributed by atoms with Gasteiger partial charge in [0.05, 0.1) is 29.0 Å². The predicted molar refractivity (Wildman–Crippen MR) is 144 cm³/mol. The van der Waals surface area contributed by atoms with Crippen LogP contribution in [-0.4, -0.2) is 37.7 Å². The van der Waals surface area contributed by atoms with Crippen LogP contribution in [0.25, 0.3) is 10.9 Å². The van der Waals surface area contributed by atoms with E-state index in [2.05, 4.69) is 54.1 Å². The normalized spacial score (nSPS) is 17.9. The average Bonchev–Trinajstić information content (AvgIpc) is 3.45. The van der Waals surface area contributed by atoms with Gasteiger partial charge in [-0.15, -0.1) is 0 Å². The van der Waals surface area contributed by atoms with Gasteiger partial charge in [0.15, 0.2) is 0 Å². The summed E-state index contributed by atoms with van der Waals surface area (Å²) < 4.78 is 0. The van der Waals surface area contributed by atoms with Gasteiger partial charge in [-0.25, -0.2) is 0 Å². The van der Waals surface area contributed by atoms with Crippen molar-refractivity contribution in [2.75, 3.05) is 0 Å². The smallest absolute Gasteiger partial charge is 0.262 e. The first-order chi connectivity index (χ1) is 18.1. The van der Waals surface area contributed by atoms with E-state index in [4.69, 9.17) is 4.98 Å². The number of H-pyrrole nitrogens is 1. The number of amides is 2. The maximum absolute atomic E-state index is 13.6. The maximum atomic E-state index is 13.6. The van der Waals surface area contributed by atoms with E-state index in [0.29, 0.717) is 24.1 Å². The molecule has 1 N–H and O–H groups in total. The van der Waals surface area contributed by atoms with Crippen molar-refractivity contribution in [3.8, 4) is 0 Å². The molecule has 6 nitrogen and oxygen atoms in total. The number of carbonyl (C=O) groups is 2. The second kappa shape index (κ2) is 9.60. The molecule has 0 saturated carbocycles. The number of nitrogens with zero attached hydrogens (tertiary/aromatic N) is 3. The summed E-state index contributed by atoms with van der Waals surface area (Å²) in [5.74, 6) is -0.401. The standard InChI is InChI=1S/C31H32N4O2/c1-3-9-28(35-30(36)23-13-4-5-14-24(23)31(35)37)34(27-16-7-11-21-12-8-17-32-29(21)27)19-22-18-25-20(2)10-6-15-26(25)33-22/h4-6,8,10,12-15,17-18,27-28,33H,3,7,9,11,16,19H2,1-2H3. The number of nitrogens with one attached hydrogen (secondary N) is 1. The Kier molecular flexibility index (Phi) is 6.13. The van der Waals surface area contributed by atoms with Crippen molar-refractivity contribution in [1.82, 2.24) is 19.8 Å². The number of pyridine rings is 1. The number of aryl methyl sites for hydroxylation is 2. The molecule has 6 rings (SSSR count). The maximum Gasteiger partial charge on any atom is 0.262 e. The van der Waals surface area contributed by atoms with E-state index in [9.17, 15) is 9.59 Å². The third-order valence-corrected chi connectivity index (χ3v) is 7.91. The summed E-state index contributed by atoms with van der Waals surface area (Å²) in [6.45, 7) is 4.83. The third kappa shape index (κ3) is 4.05. The summed E-state index contributed by atoms with van der Waals surface area (Å²) in [7, 11) is 0. The molecule has 1 aliphatic carbocycles. The van der Waals surface area contributed by atoms with Gasteiger partial charge in [-0.2, -0.15) is 0 Å². The molecular weight excluding hydrogens is 460 g/mol. The molecule has 2 amide bonds. The summed E-state index contributed by atoms with van der Waals surface area (Å²) in [5, 5.41) is 1.20. The van der Waals surface area contributed by atoms with Crippen LogP contribution < -0.4 is 0 Å². The number of imide groups is 1. The Morgan fingerprint density at radius 2 is 1.84 bits per heavy atom. The van der Waals surface area contributed by atoms with Crippen LogP contribution in [0.5, 0.6) is 0 Å². The number of aromatic nitrogens is 2. The minimum atomic E-state index is -0.372. The molecule has 0 spiro atoms. The van der Waals surface area contributed by atoms with Crippen molar-refractivity contribution in [3.63, 3.8) is 0 Å². The van der Waals surface area contributed by atoms with Crippen LogP contribution >= 0.6 is 0 Å². The number of carbonyl (C=O) groups excluding carboxylic acids is 2. The molecule has 2 aromatic heterocycles. The van der Waals surface area contributed by atoms with Crippen LogP contribution in [0.4, 0.5) is 0 Å². The topological polar surface area (TPSA) is 69.3 Å². The van der Waals surface area contributed by atoms with Crippen molar-refractivity contribution in [2.45, 2.75) is 64.7 Å². The molecule has 6 heteroatoms. The highest BCUT2D eigenvalue weighted by molar-refractivity contribution is 6.21. The number of fused-ring (bicyclic) bond motifs is 3. The molecule has 2 aliphatic rings. The molecule has 2 aromatic carbocycles. The number of rotatable bonds is 7. The van der Waals surface area contributed by atoms with Gasteiger partial charge < -0.3 is 4.98 Å². The fourth-order valence-corrected chi connectivity index (χ4v) is 6.16. The van der Waals surface area contributed by atoms with E-state index in [0.717, 1.165) is 42.6 Å². The summed E-state index contributed by atoms with van der Waals surface area (Å²) in [6.07, 6.45) is 6.02. The second-order valence-corrected chi connectivity index (χ2v) is 10.3. The second-order valence-electron chi connectivity index (χ2n) is 10.3. The minimum Gasteiger partial charge on any atom is -0.357 e. The molecule has 188 valence electrons. The Morgan fingerprint density at radius 3 is 2.57 bits per heavy atom. The highest BCUT2D eigenvalue weighted by atomic mass is 16.2. The van der Waals surface area contributed by atoms with Gasteiger partial charge in [-0.05, 0) is 74.1 Å². The van der Waals surface area contributed by atoms with Crippen molar-refractivity contribution in [1.29, 1.82) is 0 Å². The Hall–Kier alpha value is -3.77. The lowest BCUT2D eigenvalue weighted by atomic mass is 9.90. The summed E-state index contributed by atoms with van der Waals surface area (Å²) in [4.78, 5) is 39.6. The number of hydrogen-bond donors (Lipinski definition) is 1. The zero-order valence-corrected chi connectivity index (χ0v) is 21.4. The van der Waals surface area contributed by atoms with Crippen LogP contribution in [0.15, 0.2) is 66.9 Å². The number of aromatic amines is 1. The third-order valence-electron chi connectivity index (χ3n) is 7.91. The van der Waals surface area contributed by atoms with Crippen molar-refractivity contribution in [3.05, 3.63) is 101 Å². The van der Waals surface area contributed by atoms with Gasteiger partial charge in [0, 0.05) is 29.3 Å². The van der Waals surface area contributed by atoms with E-state index in [1.54, 1.807) is 12.1 Å².